The molecule has 0 unspecified atom stereocenters. The molecule has 0 bridgehead atoms. The highest BCUT2D eigenvalue weighted by Crippen LogP contribution is 2.20. The van der Waals surface area contributed by atoms with Crippen LogP contribution in [-0.2, 0) is 13.0 Å². The van der Waals surface area contributed by atoms with E-state index in [1.54, 1.807) is 0 Å². The molecule has 0 aliphatic carbocycles. The highest BCUT2D eigenvalue weighted by molar-refractivity contribution is 5.22. The van der Waals surface area contributed by atoms with E-state index in [1.807, 2.05) is 0 Å². The molecule has 0 saturated carbocycles. The summed E-state index contributed by atoms with van der Waals surface area (Å²) in [7, 11) is 0. The van der Waals surface area contributed by atoms with Crippen LogP contribution < -0.4 is 0 Å². The zero-order valence-corrected chi connectivity index (χ0v) is 15.0. The summed E-state index contributed by atoms with van der Waals surface area (Å²) in [5, 5.41) is 0. The minimum Gasteiger partial charge on any atom is -0.301 e. The molecular formula is C20H33N3. The first-order valence-electron chi connectivity index (χ1n) is 9.55. The maximum atomic E-state index is 2.75. The highest BCUT2D eigenvalue weighted by atomic mass is 15.3. The summed E-state index contributed by atoms with van der Waals surface area (Å²) in [6.45, 7) is 14.4. The molecule has 0 N–H and O–H groups in total. The van der Waals surface area contributed by atoms with Crippen LogP contribution in [0.25, 0.3) is 0 Å². The summed E-state index contributed by atoms with van der Waals surface area (Å²) in [6, 6.07) is 10.0. The molecule has 2 heterocycles. The second-order valence-corrected chi connectivity index (χ2v) is 7.15. The number of benzene rings is 1. The lowest BCUT2D eigenvalue weighted by atomic mass is 10.0. The van der Waals surface area contributed by atoms with Crippen molar-refractivity contribution in [1.82, 2.24) is 14.7 Å². The van der Waals surface area contributed by atoms with Gasteiger partial charge in [0.05, 0.1) is 0 Å². The molecule has 3 nitrogen and oxygen atoms in total. The van der Waals surface area contributed by atoms with E-state index in [0.29, 0.717) is 0 Å². The summed E-state index contributed by atoms with van der Waals surface area (Å²) in [4.78, 5) is 7.96. The van der Waals surface area contributed by atoms with E-state index in [-0.39, 0.29) is 0 Å². The van der Waals surface area contributed by atoms with Gasteiger partial charge in [0.2, 0.25) is 0 Å². The van der Waals surface area contributed by atoms with Crippen LogP contribution in [0, 0.1) is 0 Å². The summed E-state index contributed by atoms with van der Waals surface area (Å²) < 4.78 is 0. The Labute approximate surface area is 142 Å². The smallest absolute Gasteiger partial charge is 0.0233 e. The second kappa shape index (κ2) is 8.27. The van der Waals surface area contributed by atoms with Crippen molar-refractivity contribution in [2.45, 2.75) is 45.7 Å². The lowest BCUT2D eigenvalue weighted by molar-refractivity contribution is 0.0593. The van der Waals surface area contributed by atoms with E-state index in [2.05, 4.69) is 52.8 Å². The van der Waals surface area contributed by atoms with Gasteiger partial charge >= 0.3 is 0 Å². The zero-order chi connectivity index (χ0) is 16.1. The average Bonchev–Trinajstić information content (AvgIpc) is 2.63. The third kappa shape index (κ3) is 4.56. The summed E-state index contributed by atoms with van der Waals surface area (Å²) in [5.41, 5.74) is 2.91. The Kier molecular flexibility index (Phi) is 6.09. The number of rotatable bonds is 5. The van der Waals surface area contributed by atoms with Gasteiger partial charge in [-0.2, -0.15) is 0 Å². The van der Waals surface area contributed by atoms with Gasteiger partial charge in [-0.05, 0) is 50.0 Å². The molecule has 0 radical (unpaired) electrons. The van der Waals surface area contributed by atoms with E-state index in [1.165, 1.54) is 69.8 Å². The third-order valence-electron chi connectivity index (χ3n) is 5.76. The fourth-order valence-corrected chi connectivity index (χ4v) is 4.03. The van der Waals surface area contributed by atoms with Crippen LogP contribution in [-0.4, -0.2) is 66.6 Å². The SMILES string of the molecule is CCc1ccc(CN2CCC(N3CCN(CC)CC3)CC2)cc1. The van der Waals surface area contributed by atoms with Crippen molar-refractivity contribution in [2.75, 3.05) is 45.8 Å². The fraction of sp³-hybridized carbons (Fsp3) is 0.700. The van der Waals surface area contributed by atoms with Gasteiger partial charge in [0.1, 0.15) is 0 Å². The van der Waals surface area contributed by atoms with Crippen molar-refractivity contribution in [2.24, 2.45) is 0 Å². The van der Waals surface area contributed by atoms with Crippen molar-refractivity contribution in [1.29, 1.82) is 0 Å². The average molecular weight is 316 g/mol. The Balaban J connectivity index is 1.43. The molecular weight excluding hydrogens is 282 g/mol. The Morgan fingerprint density at radius 2 is 1.39 bits per heavy atom. The van der Waals surface area contributed by atoms with Crippen LogP contribution in [0.15, 0.2) is 24.3 Å². The minimum atomic E-state index is 0.827. The van der Waals surface area contributed by atoms with E-state index in [0.717, 1.165) is 19.0 Å². The van der Waals surface area contributed by atoms with Crippen LogP contribution in [0.3, 0.4) is 0 Å². The number of hydrogen-bond acceptors (Lipinski definition) is 3. The van der Waals surface area contributed by atoms with Crippen LogP contribution in [0.2, 0.25) is 0 Å². The van der Waals surface area contributed by atoms with Crippen molar-refractivity contribution >= 4 is 0 Å². The monoisotopic (exact) mass is 315 g/mol. The van der Waals surface area contributed by atoms with Crippen LogP contribution >= 0.6 is 0 Å². The number of piperidine rings is 1. The predicted molar refractivity (Wildman–Crippen MR) is 97.8 cm³/mol. The first-order valence-corrected chi connectivity index (χ1v) is 9.55. The first kappa shape index (κ1) is 16.9. The number of hydrogen-bond donors (Lipinski definition) is 0. The van der Waals surface area contributed by atoms with Gasteiger partial charge in [0.25, 0.3) is 0 Å². The normalized spacial score (nSPS) is 22.5. The molecule has 0 aromatic heterocycles. The topological polar surface area (TPSA) is 9.72 Å². The van der Waals surface area contributed by atoms with Gasteiger partial charge in [-0.15, -0.1) is 0 Å². The molecule has 1 aromatic carbocycles. The molecule has 2 aliphatic rings. The van der Waals surface area contributed by atoms with Crippen LogP contribution in [0.4, 0.5) is 0 Å². The Hall–Kier alpha value is -0.900. The number of likely N-dealkylation sites (tertiary alicyclic amines) is 1. The first-order chi connectivity index (χ1) is 11.3. The van der Waals surface area contributed by atoms with E-state index >= 15 is 0 Å². The summed E-state index contributed by atoms with van der Waals surface area (Å²) >= 11 is 0. The van der Waals surface area contributed by atoms with Gasteiger partial charge in [-0.1, -0.05) is 38.1 Å². The minimum absolute atomic E-state index is 0.827. The maximum Gasteiger partial charge on any atom is 0.0233 e. The Bertz CT molecular complexity index is 454. The molecule has 0 atom stereocenters. The van der Waals surface area contributed by atoms with Gasteiger partial charge in [0.15, 0.2) is 0 Å². The second-order valence-electron chi connectivity index (χ2n) is 7.15. The van der Waals surface area contributed by atoms with E-state index in [9.17, 15) is 0 Å². The quantitative estimate of drug-likeness (QED) is 0.827. The molecule has 23 heavy (non-hydrogen) atoms. The van der Waals surface area contributed by atoms with Crippen molar-refractivity contribution in [3.63, 3.8) is 0 Å². The third-order valence-corrected chi connectivity index (χ3v) is 5.76. The van der Waals surface area contributed by atoms with Gasteiger partial charge in [0, 0.05) is 38.8 Å². The van der Waals surface area contributed by atoms with Crippen molar-refractivity contribution in [3.8, 4) is 0 Å². The summed E-state index contributed by atoms with van der Waals surface area (Å²) in [5.74, 6) is 0. The lowest BCUT2D eigenvalue weighted by Gasteiger charge is -2.42. The molecule has 2 saturated heterocycles. The Morgan fingerprint density at radius 1 is 0.783 bits per heavy atom. The molecule has 2 aliphatic heterocycles. The molecule has 128 valence electrons. The fourth-order valence-electron chi connectivity index (χ4n) is 4.03. The highest BCUT2D eigenvalue weighted by Gasteiger charge is 2.26. The molecule has 0 amide bonds. The number of piperazine rings is 1. The predicted octanol–water partition coefficient (Wildman–Crippen LogP) is 2.85. The van der Waals surface area contributed by atoms with Gasteiger partial charge < -0.3 is 4.90 Å². The Morgan fingerprint density at radius 3 is 1.96 bits per heavy atom. The van der Waals surface area contributed by atoms with Crippen LogP contribution in [0.1, 0.15) is 37.8 Å². The summed E-state index contributed by atoms with van der Waals surface area (Å²) in [6.07, 6.45) is 3.83. The number of nitrogens with zero attached hydrogens (tertiary/aromatic N) is 3. The largest absolute Gasteiger partial charge is 0.301 e. The molecule has 1 aromatic rings. The molecule has 3 heteroatoms. The van der Waals surface area contributed by atoms with Gasteiger partial charge in [-0.3, -0.25) is 9.80 Å². The van der Waals surface area contributed by atoms with E-state index in [4.69, 9.17) is 0 Å². The molecule has 0 spiro atoms. The van der Waals surface area contributed by atoms with Gasteiger partial charge in [-0.25, -0.2) is 0 Å². The lowest BCUT2D eigenvalue weighted by Crippen LogP contribution is -2.52. The standard InChI is InChI=1S/C20H33N3/c1-3-18-5-7-19(8-6-18)17-22-11-9-20(10-12-22)23-15-13-21(4-2)14-16-23/h5-8,20H,3-4,9-17H2,1-2H3. The molecule has 2 fully saturated rings. The number of likely N-dealkylation sites (N-methyl/N-ethyl adjacent to an activating group) is 1. The van der Waals surface area contributed by atoms with Crippen LogP contribution in [0.5, 0.6) is 0 Å². The van der Waals surface area contributed by atoms with Crippen molar-refractivity contribution < 1.29 is 0 Å². The molecule has 3 rings (SSSR count). The van der Waals surface area contributed by atoms with E-state index < -0.39 is 0 Å². The number of aryl methyl sites for hydroxylation is 1. The maximum absolute atomic E-state index is 2.75. The van der Waals surface area contributed by atoms with Crippen molar-refractivity contribution in [3.05, 3.63) is 35.4 Å². The zero-order valence-electron chi connectivity index (χ0n) is 15.0.